The Morgan fingerprint density at radius 3 is 2.27 bits per heavy atom. The SMILES string of the molecule is Cc1ccc(C)c(C(C(=O)NC(C)C)N(C(=O)C(CS)NC(=O)OC(C)(C)C)C2CC2C)c1. The fourth-order valence-electron chi connectivity index (χ4n) is 3.82. The summed E-state index contributed by atoms with van der Waals surface area (Å²) in [5, 5.41) is 5.64. The molecule has 4 unspecified atom stereocenters. The summed E-state index contributed by atoms with van der Waals surface area (Å²) in [7, 11) is 0. The number of hydrogen-bond donors (Lipinski definition) is 3. The number of aryl methyl sites for hydroxylation is 2. The summed E-state index contributed by atoms with van der Waals surface area (Å²) in [6.45, 7) is 15.0. The zero-order chi connectivity index (χ0) is 25.1. The lowest BCUT2D eigenvalue weighted by Gasteiger charge is -2.35. The summed E-state index contributed by atoms with van der Waals surface area (Å²) in [5.74, 6) is -0.229. The van der Waals surface area contributed by atoms with Crippen LogP contribution < -0.4 is 10.6 Å². The quantitative estimate of drug-likeness (QED) is 0.495. The van der Waals surface area contributed by atoms with Crippen LogP contribution in [0.5, 0.6) is 0 Å². The second-order valence-electron chi connectivity index (χ2n) is 10.3. The number of nitrogens with one attached hydrogen (secondary N) is 2. The minimum Gasteiger partial charge on any atom is -0.444 e. The monoisotopic (exact) mass is 477 g/mol. The normalized spacial score (nSPS) is 19.5. The molecule has 0 spiro atoms. The molecule has 0 aliphatic heterocycles. The maximum Gasteiger partial charge on any atom is 0.408 e. The van der Waals surface area contributed by atoms with Gasteiger partial charge in [-0.1, -0.05) is 30.7 Å². The Hall–Kier alpha value is -2.22. The van der Waals surface area contributed by atoms with Gasteiger partial charge in [-0.05, 0) is 71.9 Å². The van der Waals surface area contributed by atoms with E-state index in [1.807, 2.05) is 45.9 Å². The third-order valence-corrected chi connectivity index (χ3v) is 5.90. The highest BCUT2D eigenvalue weighted by Gasteiger charge is 2.48. The van der Waals surface area contributed by atoms with Crippen LogP contribution in [-0.4, -0.2) is 52.3 Å². The molecule has 0 radical (unpaired) electrons. The van der Waals surface area contributed by atoms with Gasteiger partial charge >= 0.3 is 6.09 Å². The topological polar surface area (TPSA) is 87.7 Å². The van der Waals surface area contributed by atoms with Crippen LogP contribution in [0.25, 0.3) is 0 Å². The second kappa shape index (κ2) is 10.8. The number of ether oxygens (including phenoxy) is 1. The van der Waals surface area contributed by atoms with E-state index in [4.69, 9.17) is 4.74 Å². The van der Waals surface area contributed by atoms with Gasteiger partial charge in [-0.25, -0.2) is 4.79 Å². The molecule has 1 aliphatic rings. The van der Waals surface area contributed by atoms with E-state index in [1.54, 1.807) is 25.7 Å². The van der Waals surface area contributed by atoms with Gasteiger partial charge in [0.05, 0.1) is 0 Å². The highest BCUT2D eigenvalue weighted by molar-refractivity contribution is 7.80. The first-order chi connectivity index (χ1) is 15.2. The number of benzene rings is 1. The van der Waals surface area contributed by atoms with Gasteiger partial charge < -0.3 is 20.3 Å². The van der Waals surface area contributed by atoms with Crippen molar-refractivity contribution in [2.75, 3.05) is 5.75 Å². The van der Waals surface area contributed by atoms with E-state index in [0.717, 1.165) is 23.1 Å². The summed E-state index contributed by atoms with van der Waals surface area (Å²) in [6, 6.07) is 4.01. The van der Waals surface area contributed by atoms with Gasteiger partial charge in [0.1, 0.15) is 17.7 Å². The van der Waals surface area contributed by atoms with E-state index in [-0.39, 0.29) is 35.6 Å². The minimum atomic E-state index is -0.921. The van der Waals surface area contributed by atoms with Crippen molar-refractivity contribution >= 4 is 30.5 Å². The predicted molar refractivity (Wildman–Crippen MR) is 133 cm³/mol. The standard InChI is InChI=1S/C25H39N3O4S/c1-14(2)26-22(29)21(18-11-15(3)9-10-16(18)4)28(20-12-17(20)5)23(30)19(13-33)27-24(31)32-25(6,7)8/h9-11,14,17,19-21,33H,12-13H2,1-8H3,(H,26,29)(H,27,31). The number of rotatable bonds is 8. The number of thiol groups is 1. The molecule has 7 nitrogen and oxygen atoms in total. The van der Waals surface area contributed by atoms with Crippen molar-refractivity contribution in [1.82, 2.24) is 15.5 Å². The molecule has 1 aliphatic carbocycles. The van der Waals surface area contributed by atoms with Crippen LogP contribution in [0.3, 0.4) is 0 Å². The average Bonchev–Trinajstić information content (AvgIpc) is 3.39. The van der Waals surface area contributed by atoms with E-state index in [0.29, 0.717) is 0 Å². The molecule has 1 saturated carbocycles. The van der Waals surface area contributed by atoms with Gasteiger partial charge in [0.15, 0.2) is 0 Å². The van der Waals surface area contributed by atoms with E-state index < -0.39 is 23.8 Å². The van der Waals surface area contributed by atoms with Gasteiger partial charge in [-0.3, -0.25) is 9.59 Å². The molecule has 3 amide bonds. The summed E-state index contributed by atoms with van der Waals surface area (Å²) in [5.41, 5.74) is 2.03. The van der Waals surface area contributed by atoms with Gasteiger partial charge in [0, 0.05) is 17.8 Å². The summed E-state index contributed by atoms with van der Waals surface area (Å²) < 4.78 is 5.34. The van der Waals surface area contributed by atoms with E-state index in [2.05, 4.69) is 30.2 Å². The third-order valence-electron chi connectivity index (χ3n) is 5.54. The Bertz CT molecular complexity index is 881. The molecule has 8 heteroatoms. The van der Waals surface area contributed by atoms with Crippen molar-refractivity contribution in [3.05, 3.63) is 34.9 Å². The Morgan fingerprint density at radius 2 is 1.79 bits per heavy atom. The maximum atomic E-state index is 13.8. The van der Waals surface area contributed by atoms with Crippen LogP contribution in [0.15, 0.2) is 18.2 Å². The highest BCUT2D eigenvalue weighted by atomic mass is 32.1. The van der Waals surface area contributed by atoms with Crippen molar-refractivity contribution in [3.63, 3.8) is 0 Å². The smallest absolute Gasteiger partial charge is 0.408 e. The number of amides is 3. The molecule has 4 atom stereocenters. The largest absolute Gasteiger partial charge is 0.444 e. The minimum absolute atomic E-state index is 0.0840. The number of alkyl carbamates (subject to hydrolysis) is 1. The summed E-state index contributed by atoms with van der Waals surface area (Å²) in [6.07, 6.45) is 0.113. The Kier molecular flexibility index (Phi) is 8.85. The van der Waals surface area contributed by atoms with Gasteiger partial charge in [-0.2, -0.15) is 12.6 Å². The zero-order valence-corrected chi connectivity index (χ0v) is 22.0. The number of nitrogens with zero attached hydrogens (tertiary/aromatic N) is 1. The van der Waals surface area contributed by atoms with E-state index >= 15 is 0 Å². The molecule has 1 aromatic carbocycles. The highest BCUT2D eigenvalue weighted by Crippen LogP contribution is 2.41. The molecule has 184 valence electrons. The van der Waals surface area contributed by atoms with Crippen LogP contribution in [-0.2, 0) is 14.3 Å². The molecule has 1 fully saturated rings. The Balaban J connectivity index is 2.48. The van der Waals surface area contributed by atoms with Crippen LogP contribution in [0.4, 0.5) is 4.79 Å². The number of carbonyl (C=O) groups is 3. The molecule has 33 heavy (non-hydrogen) atoms. The lowest BCUT2D eigenvalue weighted by atomic mass is 9.95. The first-order valence-corrected chi connectivity index (χ1v) is 12.2. The Morgan fingerprint density at radius 1 is 1.18 bits per heavy atom. The summed E-state index contributed by atoms with van der Waals surface area (Å²) >= 11 is 4.33. The maximum absolute atomic E-state index is 13.8. The molecule has 2 N–H and O–H groups in total. The molecule has 1 aromatic rings. The average molecular weight is 478 g/mol. The summed E-state index contributed by atoms with van der Waals surface area (Å²) in [4.78, 5) is 41.4. The molecule has 0 aromatic heterocycles. The first-order valence-electron chi connectivity index (χ1n) is 11.5. The van der Waals surface area contributed by atoms with Crippen LogP contribution in [0, 0.1) is 19.8 Å². The fraction of sp³-hybridized carbons (Fsp3) is 0.640. The first kappa shape index (κ1) is 27.0. The third kappa shape index (κ3) is 7.39. The van der Waals surface area contributed by atoms with Crippen molar-refractivity contribution in [1.29, 1.82) is 0 Å². The van der Waals surface area contributed by atoms with Gasteiger partial charge in [-0.15, -0.1) is 0 Å². The van der Waals surface area contributed by atoms with Crippen LogP contribution >= 0.6 is 12.6 Å². The molecule has 0 heterocycles. The number of hydrogen-bond acceptors (Lipinski definition) is 5. The fourth-order valence-corrected chi connectivity index (χ4v) is 4.07. The number of carbonyl (C=O) groups excluding carboxylic acids is 3. The van der Waals surface area contributed by atoms with Crippen LogP contribution in [0.1, 0.15) is 70.7 Å². The van der Waals surface area contributed by atoms with Crippen LogP contribution in [0.2, 0.25) is 0 Å². The molecule has 2 rings (SSSR count). The van der Waals surface area contributed by atoms with E-state index in [1.165, 1.54) is 0 Å². The molecule has 0 bridgehead atoms. The molecular formula is C25H39N3O4S. The second-order valence-corrected chi connectivity index (χ2v) is 10.7. The zero-order valence-electron chi connectivity index (χ0n) is 21.1. The van der Waals surface area contributed by atoms with Gasteiger partial charge in [0.2, 0.25) is 11.8 Å². The Labute approximate surface area is 203 Å². The van der Waals surface area contributed by atoms with Crippen molar-refractivity contribution in [2.24, 2.45) is 5.92 Å². The van der Waals surface area contributed by atoms with Crippen molar-refractivity contribution < 1.29 is 19.1 Å². The van der Waals surface area contributed by atoms with Crippen molar-refractivity contribution in [2.45, 2.75) is 91.6 Å². The predicted octanol–water partition coefficient (Wildman–Crippen LogP) is 3.93. The lowest BCUT2D eigenvalue weighted by molar-refractivity contribution is -0.143. The van der Waals surface area contributed by atoms with E-state index in [9.17, 15) is 14.4 Å². The molecular weight excluding hydrogens is 438 g/mol. The molecule has 0 saturated heterocycles. The lowest BCUT2D eigenvalue weighted by Crippen LogP contribution is -2.55. The van der Waals surface area contributed by atoms with Crippen molar-refractivity contribution in [3.8, 4) is 0 Å². The van der Waals surface area contributed by atoms with Gasteiger partial charge in [0.25, 0.3) is 0 Å².